The van der Waals surface area contributed by atoms with Gasteiger partial charge in [0.05, 0.1) is 20.5 Å². The van der Waals surface area contributed by atoms with Crippen molar-refractivity contribution >= 4 is 29.9 Å². The second kappa shape index (κ2) is 11.9. The van der Waals surface area contributed by atoms with Gasteiger partial charge in [-0.3, -0.25) is 0 Å². The number of methoxy groups -OCH3 is 2. The van der Waals surface area contributed by atoms with Crippen LogP contribution in [-0.2, 0) is 32.5 Å². The summed E-state index contributed by atoms with van der Waals surface area (Å²) in [6.07, 6.45) is 5.21. The Bertz CT molecular complexity index is 1050. The van der Waals surface area contributed by atoms with Gasteiger partial charge in [-0.2, -0.15) is 0 Å². The third kappa shape index (κ3) is 5.98. The zero-order valence-electron chi connectivity index (χ0n) is 19.3. The quantitative estimate of drug-likeness (QED) is 0.254. The molecule has 3 aromatic rings. The van der Waals surface area contributed by atoms with Gasteiger partial charge in [0, 0.05) is 32.6 Å². The van der Waals surface area contributed by atoms with E-state index >= 15 is 0 Å². The maximum absolute atomic E-state index is 5.51. The molecule has 3 heterocycles. The van der Waals surface area contributed by atoms with E-state index in [1.54, 1.807) is 26.8 Å². The predicted molar refractivity (Wildman–Crippen MR) is 136 cm³/mol. The summed E-state index contributed by atoms with van der Waals surface area (Å²) in [6.45, 7) is 5.66. The van der Waals surface area contributed by atoms with Crippen LogP contribution in [0.15, 0.2) is 46.3 Å². The summed E-state index contributed by atoms with van der Waals surface area (Å²) < 4.78 is 18.5. The number of halogens is 1. The lowest BCUT2D eigenvalue weighted by atomic mass is 9.99. The lowest BCUT2D eigenvalue weighted by Crippen LogP contribution is -2.45. The van der Waals surface area contributed by atoms with Gasteiger partial charge >= 0.3 is 0 Å². The van der Waals surface area contributed by atoms with Gasteiger partial charge in [0.2, 0.25) is 0 Å². The second-order valence-corrected chi connectivity index (χ2v) is 7.59. The van der Waals surface area contributed by atoms with E-state index in [4.69, 9.17) is 18.9 Å². The van der Waals surface area contributed by atoms with Gasteiger partial charge in [-0.1, -0.05) is 6.92 Å². The first-order valence-corrected chi connectivity index (χ1v) is 10.9. The summed E-state index contributed by atoms with van der Waals surface area (Å²) in [5.74, 6) is 4.18. The van der Waals surface area contributed by atoms with Crippen LogP contribution in [0.4, 0.5) is 0 Å². The number of benzene rings is 1. The second-order valence-electron chi connectivity index (χ2n) is 7.59. The molecule has 0 bridgehead atoms. The molecule has 1 N–H and O–H groups in total. The van der Waals surface area contributed by atoms with E-state index in [2.05, 4.69) is 44.0 Å². The van der Waals surface area contributed by atoms with Crippen molar-refractivity contribution in [3.8, 4) is 11.5 Å². The fraction of sp³-hybridized carbons (Fsp3) is 0.435. The maximum Gasteiger partial charge on any atom is 0.194 e. The molecule has 178 valence electrons. The van der Waals surface area contributed by atoms with Gasteiger partial charge in [-0.15, -0.1) is 34.2 Å². The van der Waals surface area contributed by atoms with Crippen molar-refractivity contribution in [1.29, 1.82) is 0 Å². The normalized spacial score (nSPS) is 13.3. The largest absolute Gasteiger partial charge is 0.493 e. The minimum atomic E-state index is 0. The van der Waals surface area contributed by atoms with Crippen molar-refractivity contribution in [3.63, 3.8) is 0 Å². The number of hydrogen-bond donors (Lipinski definition) is 1. The molecule has 1 aliphatic rings. The van der Waals surface area contributed by atoms with Crippen molar-refractivity contribution in [2.45, 2.75) is 39.4 Å². The van der Waals surface area contributed by atoms with Crippen LogP contribution in [0.2, 0.25) is 0 Å². The molecule has 1 aromatic carbocycles. The molecule has 4 rings (SSSR count). The molecule has 1 aliphatic heterocycles. The summed E-state index contributed by atoms with van der Waals surface area (Å²) >= 11 is 0. The molecule has 0 atom stereocenters. The summed E-state index contributed by atoms with van der Waals surface area (Å²) in [5, 5.41) is 11.7. The fourth-order valence-electron chi connectivity index (χ4n) is 3.91. The lowest BCUT2D eigenvalue weighted by molar-refractivity contribution is 0.345. The number of aromatic nitrogens is 3. The Hall–Kier alpha value is -2.76. The fourth-order valence-corrected chi connectivity index (χ4v) is 3.91. The Balaban J connectivity index is 0.00000306. The van der Waals surface area contributed by atoms with Gasteiger partial charge in [-0.05, 0) is 41.8 Å². The van der Waals surface area contributed by atoms with E-state index in [-0.39, 0.29) is 24.0 Å². The monoisotopic (exact) mass is 566 g/mol. The third-order valence-electron chi connectivity index (χ3n) is 5.63. The zero-order chi connectivity index (χ0) is 22.3. The van der Waals surface area contributed by atoms with Crippen LogP contribution in [-0.4, -0.2) is 52.9 Å². The Morgan fingerprint density at radius 3 is 2.70 bits per heavy atom. The van der Waals surface area contributed by atoms with E-state index in [9.17, 15) is 0 Å². The number of nitrogens with one attached hydrogen (secondary N) is 1. The van der Waals surface area contributed by atoms with E-state index in [1.165, 1.54) is 11.1 Å². The minimum absolute atomic E-state index is 0. The van der Waals surface area contributed by atoms with Gasteiger partial charge < -0.3 is 28.7 Å². The molecule has 10 heteroatoms. The van der Waals surface area contributed by atoms with Crippen LogP contribution in [0.5, 0.6) is 11.5 Å². The predicted octanol–water partition coefficient (Wildman–Crippen LogP) is 3.27. The number of fused-ring (bicyclic) bond motifs is 1. The highest BCUT2D eigenvalue weighted by Crippen LogP contribution is 2.33. The molecule has 0 aliphatic carbocycles. The van der Waals surface area contributed by atoms with Crippen molar-refractivity contribution in [1.82, 2.24) is 25.0 Å². The van der Waals surface area contributed by atoms with Gasteiger partial charge in [0.15, 0.2) is 17.5 Å². The summed E-state index contributed by atoms with van der Waals surface area (Å²) in [7, 11) is 3.33. The molecule has 0 unspecified atom stereocenters. The summed E-state index contributed by atoms with van der Waals surface area (Å²) in [6, 6.07) is 7.97. The number of rotatable bonds is 8. The number of guanidine groups is 1. The molecule has 0 fully saturated rings. The first-order chi connectivity index (χ1) is 15.7. The molecule has 0 saturated heterocycles. The van der Waals surface area contributed by atoms with Crippen LogP contribution in [0.3, 0.4) is 0 Å². The SMILES string of the molecule is CCc1nncn1CCNC(=NCc1ccco1)N1CCc2cc(OC)c(OC)cc2C1.I. The van der Waals surface area contributed by atoms with E-state index in [1.807, 2.05) is 12.1 Å². The number of furan rings is 1. The van der Waals surface area contributed by atoms with Crippen molar-refractivity contribution < 1.29 is 13.9 Å². The summed E-state index contributed by atoms with van der Waals surface area (Å²) in [5.41, 5.74) is 2.50. The number of nitrogens with zero attached hydrogens (tertiary/aromatic N) is 5. The number of hydrogen-bond acceptors (Lipinski definition) is 6. The average molecular weight is 566 g/mol. The summed E-state index contributed by atoms with van der Waals surface area (Å²) in [4.78, 5) is 7.11. The first-order valence-electron chi connectivity index (χ1n) is 10.9. The third-order valence-corrected chi connectivity index (χ3v) is 5.63. The molecular formula is C23H31IN6O3. The van der Waals surface area contributed by atoms with Crippen LogP contribution >= 0.6 is 24.0 Å². The maximum atomic E-state index is 5.51. The number of aryl methyl sites for hydroxylation is 1. The van der Waals surface area contributed by atoms with Crippen molar-refractivity contribution in [3.05, 3.63) is 59.6 Å². The molecule has 0 spiro atoms. The van der Waals surface area contributed by atoms with Gasteiger partial charge in [-0.25, -0.2) is 4.99 Å². The van der Waals surface area contributed by atoms with E-state index in [0.717, 1.165) is 68.1 Å². The molecule has 0 amide bonds. The number of ether oxygens (including phenoxy) is 2. The molecule has 0 saturated carbocycles. The molecule has 33 heavy (non-hydrogen) atoms. The highest BCUT2D eigenvalue weighted by Gasteiger charge is 2.22. The topological polar surface area (TPSA) is 89.9 Å². The molecule has 0 radical (unpaired) electrons. The molecule has 2 aromatic heterocycles. The van der Waals surface area contributed by atoms with Crippen molar-refractivity contribution in [2.24, 2.45) is 4.99 Å². The van der Waals surface area contributed by atoms with Crippen LogP contribution in [0, 0.1) is 0 Å². The Morgan fingerprint density at radius 2 is 2.00 bits per heavy atom. The Morgan fingerprint density at radius 1 is 1.21 bits per heavy atom. The number of aliphatic imine (C=N–C) groups is 1. The van der Waals surface area contributed by atoms with Gasteiger partial charge in [0.1, 0.15) is 24.5 Å². The van der Waals surface area contributed by atoms with E-state index < -0.39 is 0 Å². The smallest absolute Gasteiger partial charge is 0.194 e. The Labute approximate surface area is 211 Å². The van der Waals surface area contributed by atoms with Crippen LogP contribution in [0.25, 0.3) is 0 Å². The molecular weight excluding hydrogens is 535 g/mol. The highest BCUT2D eigenvalue weighted by molar-refractivity contribution is 14.0. The first kappa shape index (κ1) is 24.9. The minimum Gasteiger partial charge on any atom is -0.493 e. The standard InChI is InChI=1S/C23H30N6O3.HI/c1-4-22-27-26-16-29(22)10-8-24-23(25-14-19-6-5-11-32-19)28-9-7-17-12-20(30-2)21(31-3)13-18(17)15-28;/h5-6,11-13,16H,4,7-10,14-15H2,1-3H3,(H,24,25);1H. The van der Waals surface area contributed by atoms with E-state index in [0.29, 0.717) is 6.54 Å². The van der Waals surface area contributed by atoms with Gasteiger partial charge in [0.25, 0.3) is 0 Å². The van der Waals surface area contributed by atoms with Crippen LogP contribution in [0.1, 0.15) is 29.6 Å². The lowest BCUT2D eigenvalue weighted by Gasteiger charge is -2.32. The highest BCUT2D eigenvalue weighted by atomic mass is 127. The molecule has 9 nitrogen and oxygen atoms in total. The van der Waals surface area contributed by atoms with Crippen molar-refractivity contribution in [2.75, 3.05) is 27.3 Å². The Kier molecular flexibility index (Phi) is 8.98. The van der Waals surface area contributed by atoms with Crippen LogP contribution < -0.4 is 14.8 Å². The zero-order valence-corrected chi connectivity index (χ0v) is 21.6. The average Bonchev–Trinajstić information content (AvgIpc) is 3.51.